The van der Waals surface area contributed by atoms with Crippen molar-refractivity contribution in [1.82, 2.24) is 19.9 Å². The van der Waals surface area contributed by atoms with Gasteiger partial charge in [0.1, 0.15) is 17.2 Å². The highest BCUT2D eigenvalue weighted by Gasteiger charge is 2.31. The van der Waals surface area contributed by atoms with E-state index in [1.54, 1.807) is 6.92 Å². The van der Waals surface area contributed by atoms with Crippen LogP contribution in [0.4, 0.5) is 5.82 Å². The first-order chi connectivity index (χ1) is 19.3. The molecule has 0 unspecified atom stereocenters. The first-order valence-corrected chi connectivity index (χ1v) is 14.2. The SMILES string of the molecule is CC1=CC(=O)N(Nc2nc(-c3cccs3)nc3sc(-c4ccc(OCCN5C(=O)CCC5=O)cc4)c(C)c23)C1=O. The van der Waals surface area contributed by atoms with Gasteiger partial charge in [0, 0.05) is 29.4 Å². The molecule has 0 atom stereocenters. The molecule has 12 heteroatoms. The monoisotopic (exact) mass is 573 g/mol. The van der Waals surface area contributed by atoms with Crippen molar-refractivity contribution in [2.45, 2.75) is 26.7 Å². The molecule has 3 aromatic heterocycles. The molecule has 1 fully saturated rings. The van der Waals surface area contributed by atoms with Crippen LogP contribution >= 0.6 is 22.7 Å². The maximum atomic E-state index is 12.6. The van der Waals surface area contributed by atoms with Crippen LogP contribution in [-0.4, -0.2) is 56.7 Å². The number of carbonyl (C=O) groups is 4. The number of carbonyl (C=O) groups excluding carboxylic acids is 4. The molecule has 6 rings (SSSR count). The number of nitrogens with one attached hydrogen (secondary N) is 1. The summed E-state index contributed by atoms with van der Waals surface area (Å²) in [5.41, 5.74) is 5.15. The maximum absolute atomic E-state index is 12.6. The van der Waals surface area contributed by atoms with Gasteiger partial charge in [-0.3, -0.25) is 29.5 Å². The van der Waals surface area contributed by atoms with Crippen LogP contribution in [0.2, 0.25) is 0 Å². The zero-order valence-corrected chi connectivity index (χ0v) is 23.2. The summed E-state index contributed by atoms with van der Waals surface area (Å²) in [7, 11) is 0. The van der Waals surface area contributed by atoms with Gasteiger partial charge in [-0.05, 0) is 60.7 Å². The number of fused-ring (bicyclic) bond motifs is 1. The van der Waals surface area contributed by atoms with E-state index < -0.39 is 11.8 Å². The molecule has 10 nitrogen and oxygen atoms in total. The minimum absolute atomic E-state index is 0.159. The van der Waals surface area contributed by atoms with E-state index in [4.69, 9.17) is 14.7 Å². The predicted molar refractivity (Wildman–Crippen MR) is 152 cm³/mol. The Balaban J connectivity index is 1.29. The normalized spacial score (nSPS) is 15.5. The molecule has 202 valence electrons. The Hall–Kier alpha value is -4.42. The standard InChI is InChI=1S/C28H23N5O5S2/c1-15-14-22(36)33(28(15)37)31-26-23-16(2)24(40-27(23)30-25(29-26)19-4-3-13-39-19)17-5-7-18(8-6-17)38-12-11-32-20(34)9-10-21(32)35/h3-8,13-14H,9-12H2,1-2H3,(H,29,30,31). The van der Waals surface area contributed by atoms with Crippen LogP contribution in [0.25, 0.3) is 31.4 Å². The van der Waals surface area contributed by atoms with Crippen molar-refractivity contribution < 1.29 is 23.9 Å². The minimum atomic E-state index is -0.450. The number of aryl methyl sites for hydroxylation is 1. The predicted octanol–water partition coefficient (Wildman–Crippen LogP) is 4.57. The molecular weight excluding hydrogens is 550 g/mol. The molecular formula is C28H23N5O5S2. The Bertz CT molecular complexity index is 1690. The molecule has 0 spiro atoms. The Morgan fingerprint density at radius 2 is 1.75 bits per heavy atom. The van der Waals surface area contributed by atoms with Crippen LogP contribution in [0.3, 0.4) is 0 Å². The van der Waals surface area contributed by atoms with E-state index in [0.29, 0.717) is 23.0 Å². The first-order valence-electron chi connectivity index (χ1n) is 12.5. The number of benzene rings is 1. The van der Waals surface area contributed by atoms with Crippen LogP contribution < -0.4 is 10.2 Å². The highest BCUT2D eigenvalue weighted by molar-refractivity contribution is 7.22. The van der Waals surface area contributed by atoms with Crippen LogP contribution in [0.1, 0.15) is 25.3 Å². The van der Waals surface area contributed by atoms with Gasteiger partial charge in [0.05, 0.1) is 16.8 Å². The molecule has 0 saturated carbocycles. The second-order valence-electron chi connectivity index (χ2n) is 9.34. The van der Waals surface area contributed by atoms with E-state index in [-0.39, 0.29) is 37.8 Å². The summed E-state index contributed by atoms with van der Waals surface area (Å²) in [6, 6.07) is 11.4. The summed E-state index contributed by atoms with van der Waals surface area (Å²) in [6.45, 7) is 4.00. The lowest BCUT2D eigenvalue weighted by Gasteiger charge is -2.17. The van der Waals surface area contributed by atoms with Gasteiger partial charge in [-0.25, -0.2) is 9.97 Å². The summed E-state index contributed by atoms with van der Waals surface area (Å²) in [5, 5.41) is 3.64. The van der Waals surface area contributed by atoms with Gasteiger partial charge in [0.2, 0.25) is 11.8 Å². The van der Waals surface area contributed by atoms with Crippen molar-refractivity contribution >= 4 is 62.3 Å². The number of thiophene rings is 2. The Morgan fingerprint density at radius 1 is 1.00 bits per heavy atom. The van der Waals surface area contributed by atoms with Crippen molar-refractivity contribution in [3.8, 4) is 26.9 Å². The van der Waals surface area contributed by atoms with E-state index in [2.05, 4.69) is 5.43 Å². The highest BCUT2D eigenvalue weighted by Crippen LogP contribution is 2.42. The number of anilines is 1. The number of nitrogens with zero attached hydrogens (tertiary/aromatic N) is 4. The third-order valence-corrected chi connectivity index (χ3v) is 8.81. The Kier molecular flexibility index (Phi) is 6.64. The van der Waals surface area contributed by atoms with Crippen molar-refractivity contribution in [2.24, 2.45) is 0 Å². The first kappa shape index (κ1) is 25.8. The third kappa shape index (κ3) is 4.65. The molecule has 40 heavy (non-hydrogen) atoms. The number of aromatic nitrogens is 2. The molecule has 1 saturated heterocycles. The van der Waals surface area contributed by atoms with E-state index >= 15 is 0 Å². The molecule has 1 aromatic carbocycles. The summed E-state index contributed by atoms with van der Waals surface area (Å²) >= 11 is 2.99. The van der Waals surface area contributed by atoms with Crippen LogP contribution in [0.5, 0.6) is 5.75 Å². The van der Waals surface area contributed by atoms with Crippen molar-refractivity contribution in [2.75, 3.05) is 18.6 Å². The van der Waals surface area contributed by atoms with E-state index in [9.17, 15) is 19.2 Å². The highest BCUT2D eigenvalue weighted by atomic mass is 32.1. The van der Waals surface area contributed by atoms with Gasteiger partial charge in [0.25, 0.3) is 11.8 Å². The molecule has 0 radical (unpaired) electrons. The van der Waals surface area contributed by atoms with Gasteiger partial charge >= 0.3 is 0 Å². The molecule has 2 aliphatic rings. The van der Waals surface area contributed by atoms with Crippen LogP contribution in [-0.2, 0) is 19.2 Å². The number of amides is 4. The minimum Gasteiger partial charge on any atom is -0.492 e. The van der Waals surface area contributed by atoms with Crippen LogP contribution in [0, 0.1) is 6.92 Å². The fraction of sp³-hybridized carbons (Fsp3) is 0.214. The third-order valence-electron chi connectivity index (χ3n) is 6.71. The molecule has 1 N–H and O–H groups in total. The van der Waals surface area contributed by atoms with Gasteiger partial charge in [-0.2, -0.15) is 5.01 Å². The number of rotatable bonds is 8. The molecule has 2 aliphatic heterocycles. The molecule has 0 aliphatic carbocycles. The molecule has 4 amide bonds. The molecule has 5 heterocycles. The average Bonchev–Trinajstić information content (AvgIpc) is 3.71. The average molecular weight is 574 g/mol. The van der Waals surface area contributed by atoms with Gasteiger partial charge in [0.15, 0.2) is 11.6 Å². The van der Waals surface area contributed by atoms with E-state index in [0.717, 1.165) is 36.1 Å². The number of ether oxygens (including phenoxy) is 1. The van der Waals surface area contributed by atoms with Gasteiger partial charge < -0.3 is 4.74 Å². The van der Waals surface area contributed by atoms with Crippen molar-refractivity contribution in [1.29, 1.82) is 0 Å². The largest absolute Gasteiger partial charge is 0.492 e. The topological polar surface area (TPSA) is 122 Å². The summed E-state index contributed by atoms with van der Waals surface area (Å²) < 4.78 is 5.78. The number of hydrogen-bond donors (Lipinski definition) is 1. The van der Waals surface area contributed by atoms with Crippen LogP contribution in [0.15, 0.2) is 53.4 Å². The second-order valence-corrected chi connectivity index (χ2v) is 11.3. The number of imide groups is 2. The van der Waals surface area contributed by atoms with E-state index in [1.807, 2.05) is 48.7 Å². The Labute approximate surface area is 236 Å². The smallest absolute Gasteiger partial charge is 0.275 e. The van der Waals surface area contributed by atoms with E-state index in [1.165, 1.54) is 33.6 Å². The quantitative estimate of drug-likeness (QED) is 0.305. The lowest BCUT2D eigenvalue weighted by molar-refractivity contribution is -0.139. The maximum Gasteiger partial charge on any atom is 0.275 e. The van der Waals surface area contributed by atoms with Crippen molar-refractivity contribution in [3.63, 3.8) is 0 Å². The summed E-state index contributed by atoms with van der Waals surface area (Å²) in [5.74, 6) is 0.314. The Morgan fingerprint density at radius 3 is 2.40 bits per heavy atom. The van der Waals surface area contributed by atoms with Gasteiger partial charge in [-0.1, -0.05) is 6.07 Å². The molecule has 4 aromatic rings. The summed E-state index contributed by atoms with van der Waals surface area (Å²) in [4.78, 5) is 61.9. The van der Waals surface area contributed by atoms with Crippen molar-refractivity contribution in [3.05, 3.63) is 59.0 Å². The number of hydrazine groups is 1. The molecule has 0 bridgehead atoms. The van der Waals surface area contributed by atoms with Gasteiger partial charge in [-0.15, -0.1) is 22.7 Å². The second kappa shape index (κ2) is 10.3. The zero-order chi connectivity index (χ0) is 28.0. The number of likely N-dealkylation sites (tertiary alicyclic amines) is 1. The summed E-state index contributed by atoms with van der Waals surface area (Å²) in [6.07, 6.45) is 1.82. The fourth-order valence-electron chi connectivity index (χ4n) is 4.64. The lowest BCUT2D eigenvalue weighted by Crippen LogP contribution is -2.36. The zero-order valence-electron chi connectivity index (χ0n) is 21.6. The fourth-order valence-corrected chi connectivity index (χ4v) is 6.48. The lowest BCUT2D eigenvalue weighted by atomic mass is 10.1. The number of hydrogen-bond acceptors (Lipinski definition) is 10.